The second-order valence-corrected chi connectivity index (χ2v) is 8.32. The van der Waals surface area contributed by atoms with E-state index in [4.69, 9.17) is 4.74 Å². The van der Waals surface area contributed by atoms with Gasteiger partial charge in [0, 0.05) is 27.8 Å². The van der Waals surface area contributed by atoms with E-state index in [-0.39, 0.29) is 6.09 Å². The van der Waals surface area contributed by atoms with Gasteiger partial charge in [0.2, 0.25) is 0 Å². The molecule has 0 bridgehead atoms. The van der Waals surface area contributed by atoms with Crippen molar-refractivity contribution in [3.05, 3.63) is 20.8 Å². The molecule has 0 N–H and O–H groups in total. The van der Waals surface area contributed by atoms with E-state index in [2.05, 4.69) is 34.3 Å². The number of carbonyl (C=O) groups excluding carboxylic acids is 1. The summed E-state index contributed by atoms with van der Waals surface area (Å²) in [6, 6.07) is 2.20. The molecule has 1 aliphatic heterocycles. The molecule has 1 aromatic heterocycles. The van der Waals surface area contributed by atoms with Crippen molar-refractivity contribution in [1.82, 2.24) is 4.90 Å². The van der Waals surface area contributed by atoms with Crippen molar-refractivity contribution < 1.29 is 9.53 Å². The van der Waals surface area contributed by atoms with E-state index in [1.54, 1.807) is 11.3 Å². The lowest BCUT2D eigenvalue weighted by atomic mass is 9.86. The van der Waals surface area contributed by atoms with Crippen molar-refractivity contribution in [2.45, 2.75) is 45.6 Å². The maximum absolute atomic E-state index is 12.1. The summed E-state index contributed by atoms with van der Waals surface area (Å²) in [5.74, 6) is 1.01. The quantitative estimate of drug-likeness (QED) is 0.715. The van der Waals surface area contributed by atoms with Crippen LogP contribution < -0.4 is 0 Å². The number of amides is 1. The molecule has 0 saturated carbocycles. The molecule has 20 heavy (non-hydrogen) atoms. The van der Waals surface area contributed by atoms with Crippen LogP contribution >= 0.6 is 27.3 Å². The highest BCUT2D eigenvalue weighted by Gasteiger charge is 2.32. The van der Waals surface area contributed by atoms with Gasteiger partial charge in [0.1, 0.15) is 5.60 Å². The molecule has 5 heteroatoms. The van der Waals surface area contributed by atoms with Gasteiger partial charge in [-0.05, 0) is 61.0 Å². The predicted molar refractivity (Wildman–Crippen MR) is 86.3 cm³/mol. The third-order valence-electron chi connectivity index (χ3n) is 3.51. The molecule has 3 nitrogen and oxygen atoms in total. The normalized spacial score (nSPS) is 23.8. The maximum Gasteiger partial charge on any atom is 0.410 e. The third-order valence-corrected chi connectivity index (χ3v) is 5.34. The SMILES string of the molecule is CC1CN(C(=O)OC(C)(C)C)CCC1c1cc(Br)cs1. The first-order valence-electron chi connectivity index (χ1n) is 6.98. The van der Waals surface area contributed by atoms with Crippen LogP contribution in [-0.2, 0) is 4.74 Å². The number of carbonyl (C=O) groups is 1. The van der Waals surface area contributed by atoms with Gasteiger partial charge < -0.3 is 9.64 Å². The van der Waals surface area contributed by atoms with Crippen molar-refractivity contribution in [2.24, 2.45) is 5.92 Å². The van der Waals surface area contributed by atoms with E-state index in [0.29, 0.717) is 11.8 Å². The average molecular weight is 360 g/mol. The molecule has 0 aromatic carbocycles. The molecular formula is C15H22BrNO2S. The Morgan fingerprint density at radius 3 is 2.70 bits per heavy atom. The zero-order chi connectivity index (χ0) is 14.9. The predicted octanol–water partition coefficient (Wildman–Crippen LogP) is 4.87. The van der Waals surface area contributed by atoms with Crippen LogP contribution in [0.4, 0.5) is 4.79 Å². The van der Waals surface area contributed by atoms with Crippen molar-refractivity contribution in [3.8, 4) is 0 Å². The van der Waals surface area contributed by atoms with Crippen molar-refractivity contribution in [1.29, 1.82) is 0 Å². The average Bonchev–Trinajstić information content (AvgIpc) is 2.73. The molecule has 112 valence electrons. The molecule has 1 fully saturated rings. The molecular weight excluding hydrogens is 338 g/mol. The Hall–Kier alpha value is -0.550. The Kier molecular flexibility index (Phi) is 4.80. The molecule has 0 aliphatic carbocycles. The number of hydrogen-bond acceptors (Lipinski definition) is 3. The number of thiophene rings is 1. The van der Waals surface area contributed by atoms with Crippen molar-refractivity contribution in [2.75, 3.05) is 13.1 Å². The Labute approximate surface area is 133 Å². The summed E-state index contributed by atoms with van der Waals surface area (Å²) in [7, 11) is 0. The number of nitrogens with zero attached hydrogens (tertiary/aromatic N) is 1. The minimum Gasteiger partial charge on any atom is -0.444 e. The first kappa shape index (κ1) is 15.8. The van der Waals surface area contributed by atoms with E-state index in [9.17, 15) is 4.79 Å². The smallest absolute Gasteiger partial charge is 0.410 e. The fourth-order valence-corrected chi connectivity index (χ4v) is 4.30. The van der Waals surface area contributed by atoms with Gasteiger partial charge in [-0.2, -0.15) is 0 Å². The van der Waals surface area contributed by atoms with Gasteiger partial charge in [-0.15, -0.1) is 11.3 Å². The number of halogens is 1. The minimum atomic E-state index is -0.421. The molecule has 1 saturated heterocycles. The summed E-state index contributed by atoms with van der Waals surface area (Å²) in [5.41, 5.74) is -0.421. The van der Waals surface area contributed by atoms with Crippen LogP contribution in [0.25, 0.3) is 0 Å². The first-order chi connectivity index (χ1) is 9.26. The highest BCUT2D eigenvalue weighted by atomic mass is 79.9. The molecule has 2 atom stereocenters. The molecule has 1 aliphatic rings. The Balaban J connectivity index is 1.97. The van der Waals surface area contributed by atoms with Crippen LogP contribution in [0.15, 0.2) is 15.9 Å². The van der Waals surface area contributed by atoms with E-state index in [0.717, 1.165) is 24.0 Å². The summed E-state index contributed by atoms with van der Waals surface area (Å²) >= 11 is 5.31. The lowest BCUT2D eigenvalue weighted by Crippen LogP contribution is -2.44. The number of piperidine rings is 1. The van der Waals surface area contributed by atoms with Crippen LogP contribution in [0.5, 0.6) is 0 Å². The van der Waals surface area contributed by atoms with Crippen molar-refractivity contribution in [3.63, 3.8) is 0 Å². The van der Waals surface area contributed by atoms with Crippen molar-refractivity contribution >= 4 is 33.4 Å². The largest absolute Gasteiger partial charge is 0.444 e. The van der Waals surface area contributed by atoms with Crippen LogP contribution in [0.2, 0.25) is 0 Å². The summed E-state index contributed by atoms with van der Waals surface area (Å²) in [6.45, 7) is 9.49. The highest BCUT2D eigenvalue weighted by molar-refractivity contribution is 9.10. The fourth-order valence-electron chi connectivity index (χ4n) is 2.58. The number of ether oxygens (including phenoxy) is 1. The Bertz CT molecular complexity index is 480. The van der Waals surface area contributed by atoms with Gasteiger partial charge in [0.15, 0.2) is 0 Å². The Morgan fingerprint density at radius 1 is 1.50 bits per heavy atom. The van der Waals surface area contributed by atoms with E-state index in [1.165, 1.54) is 4.88 Å². The van der Waals surface area contributed by atoms with Crippen LogP contribution in [0.1, 0.15) is 44.9 Å². The summed E-state index contributed by atoms with van der Waals surface area (Å²) < 4.78 is 6.60. The topological polar surface area (TPSA) is 29.5 Å². The maximum atomic E-state index is 12.1. The van der Waals surface area contributed by atoms with E-state index >= 15 is 0 Å². The van der Waals surface area contributed by atoms with Gasteiger partial charge in [-0.1, -0.05) is 6.92 Å². The monoisotopic (exact) mass is 359 g/mol. The van der Waals surface area contributed by atoms with Gasteiger partial charge in [0.05, 0.1) is 0 Å². The Morgan fingerprint density at radius 2 is 2.20 bits per heavy atom. The van der Waals surface area contributed by atoms with Gasteiger partial charge >= 0.3 is 6.09 Å². The lowest BCUT2D eigenvalue weighted by molar-refractivity contribution is 0.0156. The van der Waals surface area contributed by atoms with Crippen LogP contribution in [-0.4, -0.2) is 29.7 Å². The molecule has 1 aromatic rings. The first-order valence-corrected chi connectivity index (χ1v) is 8.65. The summed E-state index contributed by atoms with van der Waals surface area (Å²) in [6.07, 6.45) is 0.822. The number of likely N-dealkylation sites (tertiary alicyclic amines) is 1. The zero-order valence-electron chi connectivity index (χ0n) is 12.5. The zero-order valence-corrected chi connectivity index (χ0v) is 14.9. The molecule has 1 amide bonds. The number of rotatable bonds is 1. The van der Waals surface area contributed by atoms with Gasteiger partial charge in [0.25, 0.3) is 0 Å². The fraction of sp³-hybridized carbons (Fsp3) is 0.667. The molecule has 0 spiro atoms. The number of hydrogen-bond donors (Lipinski definition) is 0. The van der Waals surface area contributed by atoms with Gasteiger partial charge in [-0.25, -0.2) is 4.79 Å². The lowest BCUT2D eigenvalue weighted by Gasteiger charge is -2.37. The second kappa shape index (κ2) is 6.06. The standard InChI is InChI=1S/C15H22BrNO2S/c1-10-8-17(14(18)19-15(2,3)4)6-5-12(10)13-7-11(16)9-20-13/h7,9-10,12H,5-6,8H2,1-4H3. The van der Waals surface area contributed by atoms with Gasteiger partial charge in [-0.3, -0.25) is 0 Å². The second-order valence-electron chi connectivity index (χ2n) is 6.47. The molecule has 2 unspecified atom stereocenters. The molecule has 2 rings (SSSR count). The summed E-state index contributed by atoms with van der Waals surface area (Å²) in [5, 5.41) is 2.13. The highest BCUT2D eigenvalue weighted by Crippen LogP contribution is 2.37. The van der Waals surface area contributed by atoms with E-state index < -0.39 is 5.60 Å². The minimum absolute atomic E-state index is 0.185. The summed E-state index contributed by atoms with van der Waals surface area (Å²) in [4.78, 5) is 15.4. The van der Waals surface area contributed by atoms with Crippen LogP contribution in [0.3, 0.4) is 0 Å². The third kappa shape index (κ3) is 3.98. The molecule has 2 heterocycles. The van der Waals surface area contributed by atoms with E-state index in [1.807, 2.05) is 25.7 Å². The van der Waals surface area contributed by atoms with Crippen LogP contribution in [0, 0.1) is 5.92 Å². The molecule has 0 radical (unpaired) electrons.